The molecule has 23 heavy (non-hydrogen) atoms. The SMILES string of the molecule is CC.[B]c1cc(OC(C)Cc2ccsc2)c(C)cc1C(=O)OC. The van der Waals surface area contributed by atoms with E-state index in [0.717, 1.165) is 12.0 Å². The molecule has 0 aliphatic heterocycles. The van der Waals surface area contributed by atoms with Crippen LogP contribution in [0.4, 0.5) is 0 Å². The van der Waals surface area contributed by atoms with E-state index >= 15 is 0 Å². The van der Waals surface area contributed by atoms with Gasteiger partial charge < -0.3 is 9.47 Å². The van der Waals surface area contributed by atoms with Crippen LogP contribution in [0.2, 0.25) is 0 Å². The topological polar surface area (TPSA) is 35.5 Å². The third-order valence-electron chi connectivity index (χ3n) is 3.18. The van der Waals surface area contributed by atoms with Crippen LogP contribution >= 0.6 is 11.3 Å². The molecule has 2 radical (unpaired) electrons. The number of carbonyl (C=O) groups is 1. The highest BCUT2D eigenvalue weighted by atomic mass is 32.1. The molecule has 2 aromatic rings. The quantitative estimate of drug-likeness (QED) is 0.620. The largest absolute Gasteiger partial charge is 0.490 e. The van der Waals surface area contributed by atoms with Crippen molar-refractivity contribution in [2.75, 3.05) is 7.11 Å². The Morgan fingerprint density at radius 1 is 1.35 bits per heavy atom. The van der Waals surface area contributed by atoms with Crippen LogP contribution < -0.4 is 10.2 Å². The van der Waals surface area contributed by atoms with Crippen molar-refractivity contribution < 1.29 is 14.3 Å². The Balaban J connectivity index is 0.00000127. The van der Waals surface area contributed by atoms with E-state index in [1.807, 2.05) is 27.7 Å². The minimum Gasteiger partial charge on any atom is -0.490 e. The third-order valence-corrected chi connectivity index (χ3v) is 3.92. The average Bonchev–Trinajstić information content (AvgIpc) is 3.04. The number of hydrogen-bond donors (Lipinski definition) is 0. The lowest BCUT2D eigenvalue weighted by Gasteiger charge is -2.18. The van der Waals surface area contributed by atoms with Crippen LogP contribution in [0.25, 0.3) is 0 Å². The smallest absolute Gasteiger partial charge is 0.337 e. The van der Waals surface area contributed by atoms with Crippen LogP contribution in [-0.2, 0) is 11.2 Å². The maximum atomic E-state index is 11.6. The molecule has 0 N–H and O–H groups in total. The Morgan fingerprint density at radius 3 is 2.61 bits per heavy atom. The van der Waals surface area contributed by atoms with Gasteiger partial charge in [-0.2, -0.15) is 11.3 Å². The number of hydrogen-bond acceptors (Lipinski definition) is 4. The van der Waals surface area contributed by atoms with E-state index in [0.29, 0.717) is 16.8 Å². The summed E-state index contributed by atoms with van der Waals surface area (Å²) in [6, 6.07) is 5.48. The Morgan fingerprint density at radius 2 is 2.04 bits per heavy atom. The molecule has 0 aliphatic carbocycles. The van der Waals surface area contributed by atoms with Gasteiger partial charge in [0.2, 0.25) is 0 Å². The van der Waals surface area contributed by atoms with Gasteiger partial charge in [0.1, 0.15) is 13.6 Å². The molecule has 0 amide bonds. The summed E-state index contributed by atoms with van der Waals surface area (Å²) in [6.07, 6.45) is 0.864. The molecule has 0 bridgehead atoms. The summed E-state index contributed by atoms with van der Waals surface area (Å²) in [5.41, 5.74) is 2.85. The molecular weight excluding hydrogens is 307 g/mol. The van der Waals surface area contributed by atoms with E-state index in [2.05, 4.69) is 16.8 Å². The van der Waals surface area contributed by atoms with E-state index in [4.69, 9.17) is 17.3 Å². The van der Waals surface area contributed by atoms with Crippen molar-refractivity contribution >= 4 is 30.6 Å². The molecule has 2 rings (SSSR count). The molecule has 1 heterocycles. The highest BCUT2D eigenvalue weighted by molar-refractivity contribution is 7.07. The maximum Gasteiger partial charge on any atom is 0.337 e. The second-order valence-corrected chi connectivity index (χ2v) is 5.74. The average molecular weight is 330 g/mol. The fourth-order valence-electron chi connectivity index (χ4n) is 2.12. The molecule has 0 fully saturated rings. The van der Waals surface area contributed by atoms with Crippen LogP contribution in [0.3, 0.4) is 0 Å². The Hall–Kier alpha value is -1.75. The molecule has 3 nitrogen and oxygen atoms in total. The number of aryl methyl sites for hydroxylation is 1. The minimum atomic E-state index is -0.437. The molecule has 0 spiro atoms. The van der Waals surface area contributed by atoms with Crippen molar-refractivity contribution in [2.45, 2.75) is 40.2 Å². The first-order valence-corrected chi connectivity index (χ1v) is 8.61. The van der Waals surface area contributed by atoms with E-state index in [1.165, 1.54) is 12.7 Å². The fourth-order valence-corrected chi connectivity index (χ4v) is 2.80. The lowest BCUT2D eigenvalue weighted by molar-refractivity contribution is 0.0602. The number of methoxy groups -OCH3 is 1. The first-order valence-electron chi connectivity index (χ1n) is 7.67. The summed E-state index contributed by atoms with van der Waals surface area (Å²) in [5, 5.41) is 4.16. The van der Waals surface area contributed by atoms with Gasteiger partial charge in [-0.15, -0.1) is 0 Å². The Bertz CT molecular complexity index is 623. The van der Waals surface area contributed by atoms with Gasteiger partial charge in [-0.1, -0.05) is 19.3 Å². The molecule has 1 aromatic heterocycles. The number of benzene rings is 1. The van der Waals surface area contributed by atoms with Crippen molar-refractivity contribution in [3.05, 3.63) is 45.6 Å². The van der Waals surface area contributed by atoms with E-state index in [1.54, 1.807) is 23.5 Å². The molecule has 0 saturated carbocycles. The van der Waals surface area contributed by atoms with Crippen LogP contribution in [-0.4, -0.2) is 27.0 Å². The lowest BCUT2D eigenvalue weighted by atomic mass is 9.89. The van der Waals surface area contributed by atoms with Gasteiger partial charge in [-0.05, 0) is 53.9 Å². The predicted molar refractivity (Wildman–Crippen MR) is 97.4 cm³/mol. The second kappa shape index (κ2) is 9.41. The molecule has 0 aliphatic rings. The van der Waals surface area contributed by atoms with Crippen LogP contribution in [0.15, 0.2) is 29.0 Å². The zero-order valence-corrected chi connectivity index (χ0v) is 15.2. The van der Waals surface area contributed by atoms with E-state index in [-0.39, 0.29) is 6.10 Å². The lowest BCUT2D eigenvalue weighted by Crippen LogP contribution is -2.20. The number of ether oxygens (including phenoxy) is 2. The van der Waals surface area contributed by atoms with Gasteiger partial charge in [0.15, 0.2) is 0 Å². The summed E-state index contributed by atoms with van der Waals surface area (Å²) in [7, 11) is 7.24. The van der Waals surface area contributed by atoms with Crippen LogP contribution in [0.5, 0.6) is 5.75 Å². The molecule has 5 heteroatoms. The molecule has 1 unspecified atom stereocenters. The second-order valence-electron chi connectivity index (χ2n) is 4.96. The van der Waals surface area contributed by atoms with E-state index in [9.17, 15) is 4.79 Å². The van der Waals surface area contributed by atoms with Gasteiger partial charge in [0.25, 0.3) is 0 Å². The first kappa shape index (κ1) is 19.3. The summed E-state index contributed by atoms with van der Waals surface area (Å²) >= 11 is 1.67. The Kier molecular flexibility index (Phi) is 7.89. The molecule has 1 atom stereocenters. The molecular formula is C18H23BO3S. The monoisotopic (exact) mass is 330 g/mol. The highest BCUT2D eigenvalue weighted by Gasteiger charge is 2.14. The summed E-state index contributed by atoms with van der Waals surface area (Å²) < 4.78 is 10.6. The van der Waals surface area contributed by atoms with Crippen molar-refractivity contribution in [1.29, 1.82) is 0 Å². The number of carbonyl (C=O) groups excluding carboxylic acids is 1. The molecule has 1 aromatic carbocycles. The van der Waals surface area contributed by atoms with Gasteiger partial charge in [-0.3, -0.25) is 0 Å². The minimum absolute atomic E-state index is 0.0293. The van der Waals surface area contributed by atoms with Gasteiger partial charge in [-0.25, -0.2) is 4.79 Å². The normalized spacial score (nSPS) is 11.2. The third kappa shape index (κ3) is 5.43. The van der Waals surface area contributed by atoms with Gasteiger partial charge >= 0.3 is 5.97 Å². The maximum absolute atomic E-state index is 11.6. The summed E-state index contributed by atoms with van der Waals surface area (Å²) in [6.45, 7) is 7.90. The van der Waals surface area contributed by atoms with Crippen molar-refractivity contribution in [3.63, 3.8) is 0 Å². The zero-order chi connectivity index (χ0) is 17.4. The van der Waals surface area contributed by atoms with E-state index < -0.39 is 5.97 Å². The first-order chi connectivity index (χ1) is 11.0. The Labute approximate surface area is 144 Å². The standard InChI is InChI=1S/C16H17BO3S.C2H6/c1-10-6-13(16(18)19-3)14(17)8-15(10)20-11(2)7-12-4-5-21-9-12;1-2/h4-6,8-9,11H,7H2,1-3H3;1-2H3. The van der Waals surface area contributed by atoms with Gasteiger partial charge in [0.05, 0.1) is 18.8 Å². The fraction of sp³-hybridized carbons (Fsp3) is 0.389. The summed E-state index contributed by atoms with van der Waals surface area (Å²) in [4.78, 5) is 11.6. The van der Waals surface area contributed by atoms with Crippen LogP contribution in [0.1, 0.15) is 42.3 Å². The predicted octanol–water partition coefficient (Wildman–Crippen LogP) is 3.67. The number of thiophene rings is 1. The highest BCUT2D eigenvalue weighted by Crippen LogP contribution is 2.21. The van der Waals surface area contributed by atoms with Crippen molar-refractivity contribution in [2.24, 2.45) is 0 Å². The number of rotatable bonds is 5. The van der Waals surface area contributed by atoms with Crippen LogP contribution in [0, 0.1) is 6.92 Å². The number of esters is 1. The zero-order valence-electron chi connectivity index (χ0n) is 14.4. The molecule has 122 valence electrons. The van der Waals surface area contributed by atoms with Crippen molar-refractivity contribution in [3.8, 4) is 5.75 Å². The molecule has 0 saturated heterocycles. The van der Waals surface area contributed by atoms with Gasteiger partial charge in [0, 0.05) is 6.42 Å². The van der Waals surface area contributed by atoms with Crippen molar-refractivity contribution in [1.82, 2.24) is 0 Å². The summed E-state index contributed by atoms with van der Waals surface area (Å²) in [5.74, 6) is 0.261.